The molecule has 0 fully saturated rings. The minimum atomic E-state index is 1.21. The molecule has 0 aliphatic carbocycles. The molecule has 0 saturated heterocycles. The van der Waals surface area contributed by atoms with Gasteiger partial charge in [0.2, 0.25) is 0 Å². The van der Waals surface area contributed by atoms with E-state index < -0.39 is 0 Å². The molecule has 0 heteroatoms. The van der Waals surface area contributed by atoms with Gasteiger partial charge in [0.1, 0.15) is 0 Å². The average molecular weight is 813 g/mol. The molecule has 60 heavy (non-hydrogen) atoms. The normalized spacial score (nSPS) is 12.1. The largest absolute Gasteiger partial charge is 0.0654 e. The summed E-state index contributed by atoms with van der Waals surface area (Å²) < 4.78 is 0. The number of unbranched alkanes of at least 4 members (excludes halogenated alkanes) is 28. The molecule has 0 amide bonds. The number of benzene rings is 5. The average Bonchev–Trinajstić information content (AvgIpc) is 3.27. The van der Waals surface area contributed by atoms with Crippen molar-refractivity contribution in [3.8, 4) is 0 Å². The Morgan fingerprint density at radius 1 is 0.200 bits per heavy atom. The van der Waals surface area contributed by atoms with Gasteiger partial charge in [-0.15, -0.1) is 0 Å². The van der Waals surface area contributed by atoms with Crippen molar-refractivity contribution in [2.24, 2.45) is 0 Å². The molecule has 0 atom stereocenters. The molecule has 0 heterocycles. The lowest BCUT2D eigenvalue weighted by atomic mass is 9.80. The minimum absolute atomic E-state index is 1.21. The van der Waals surface area contributed by atoms with Crippen LogP contribution in [0.15, 0.2) is 48.5 Å². The van der Waals surface area contributed by atoms with Gasteiger partial charge in [0.05, 0.1) is 0 Å². The van der Waals surface area contributed by atoms with E-state index in [1.54, 1.807) is 54.6 Å². The molecule has 0 spiro atoms. The Bertz CT molecular complexity index is 1610. The zero-order valence-corrected chi connectivity index (χ0v) is 40.1. The first-order valence-corrected chi connectivity index (χ1v) is 26.9. The first kappa shape index (κ1) is 48.4. The molecule has 0 N–H and O–H groups in total. The van der Waals surface area contributed by atoms with E-state index in [4.69, 9.17) is 0 Å². The van der Waals surface area contributed by atoms with Gasteiger partial charge in [-0.05, 0) is 117 Å². The number of rotatable bonds is 36. The molecule has 0 aromatic heterocycles. The van der Waals surface area contributed by atoms with Crippen molar-refractivity contribution in [1.82, 2.24) is 0 Å². The van der Waals surface area contributed by atoms with Gasteiger partial charge < -0.3 is 0 Å². The van der Waals surface area contributed by atoms with Crippen LogP contribution >= 0.6 is 0 Å². The summed E-state index contributed by atoms with van der Waals surface area (Å²) >= 11 is 0. The van der Waals surface area contributed by atoms with E-state index in [0.29, 0.717) is 0 Å². The molecule has 0 unspecified atom stereocenters. The van der Waals surface area contributed by atoms with E-state index >= 15 is 0 Å². The fraction of sp³-hybridized carbons (Fsp3) is 0.667. The number of hydrogen-bond donors (Lipinski definition) is 0. The van der Waals surface area contributed by atoms with Gasteiger partial charge >= 0.3 is 0 Å². The summed E-state index contributed by atoms with van der Waals surface area (Å²) in [6.45, 7) is 9.33. The highest BCUT2D eigenvalue weighted by atomic mass is 14.3. The molecule has 0 aliphatic rings. The first-order valence-electron chi connectivity index (χ1n) is 26.9. The minimum Gasteiger partial charge on any atom is -0.0654 e. The number of hydrogen-bond acceptors (Lipinski definition) is 0. The Morgan fingerprint density at radius 2 is 0.383 bits per heavy atom. The van der Waals surface area contributed by atoms with Crippen LogP contribution in [0.3, 0.4) is 0 Å². The maximum absolute atomic E-state index is 2.56. The second-order valence-electron chi connectivity index (χ2n) is 19.5. The maximum Gasteiger partial charge on any atom is -0.00206 e. The third-order valence-corrected chi connectivity index (χ3v) is 14.4. The first-order chi connectivity index (χ1) is 29.7. The third-order valence-electron chi connectivity index (χ3n) is 14.4. The highest BCUT2D eigenvalue weighted by molar-refractivity contribution is 6.35. The van der Waals surface area contributed by atoms with Crippen LogP contribution in [0, 0.1) is 0 Å². The number of aryl methyl sites for hydroxylation is 4. The summed E-state index contributed by atoms with van der Waals surface area (Å²) in [7, 11) is 0. The Morgan fingerprint density at radius 3 is 0.583 bits per heavy atom. The van der Waals surface area contributed by atoms with Crippen molar-refractivity contribution >= 4 is 43.1 Å². The van der Waals surface area contributed by atoms with E-state index in [9.17, 15) is 0 Å². The SMILES string of the molecule is CCCCCCCCCCc1ccc2ccc(CCCCCCCCCC)c3c4c(CCCCCCCCCC)ccc5ccc(CCCCCCCCCC)c(c1c23)c54. The van der Waals surface area contributed by atoms with Gasteiger partial charge in [-0.3, -0.25) is 0 Å². The monoisotopic (exact) mass is 813 g/mol. The van der Waals surface area contributed by atoms with E-state index in [-0.39, 0.29) is 0 Å². The van der Waals surface area contributed by atoms with Gasteiger partial charge in [0.25, 0.3) is 0 Å². The van der Waals surface area contributed by atoms with Crippen LogP contribution in [0.2, 0.25) is 0 Å². The maximum atomic E-state index is 2.56. The van der Waals surface area contributed by atoms with Gasteiger partial charge in [-0.2, -0.15) is 0 Å². The molecule has 0 bridgehead atoms. The molecule has 0 nitrogen and oxygen atoms in total. The van der Waals surface area contributed by atoms with E-state index in [0.717, 1.165) is 0 Å². The second-order valence-corrected chi connectivity index (χ2v) is 19.5. The van der Waals surface area contributed by atoms with Crippen LogP contribution in [0.4, 0.5) is 0 Å². The fourth-order valence-corrected chi connectivity index (χ4v) is 10.8. The van der Waals surface area contributed by atoms with Gasteiger partial charge in [0.15, 0.2) is 0 Å². The zero-order valence-electron chi connectivity index (χ0n) is 40.1. The van der Waals surface area contributed by atoms with Crippen LogP contribution < -0.4 is 0 Å². The van der Waals surface area contributed by atoms with Crippen molar-refractivity contribution in [2.75, 3.05) is 0 Å². The Balaban J connectivity index is 1.53. The lowest BCUT2D eigenvalue weighted by molar-refractivity contribution is 0.575. The van der Waals surface area contributed by atoms with Crippen LogP contribution in [0.5, 0.6) is 0 Å². The predicted octanol–water partition coefficient (Wildman–Crippen LogP) is 20.5. The third kappa shape index (κ3) is 14.8. The van der Waals surface area contributed by atoms with Crippen LogP contribution in [0.25, 0.3) is 43.1 Å². The predicted molar refractivity (Wildman–Crippen MR) is 273 cm³/mol. The lowest BCUT2D eigenvalue weighted by Crippen LogP contribution is -2.01. The summed E-state index contributed by atoms with van der Waals surface area (Å²) in [4.78, 5) is 0. The molecule has 5 aromatic rings. The molecule has 0 saturated carbocycles. The summed E-state index contributed by atoms with van der Waals surface area (Å²) in [5, 5.41) is 12.7. The summed E-state index contributed by atoms with van der Waals surface area (Å²) in [5.74, 6) is 0. The van der Waals surface area contributed by atoms with E-state index in [2.05, 4.69) is 76.2 Å². The standard InChI is InChI=1S/C60H92/c1-5-9-13-17-21-25-29-33-37-49-41-45-53-46-43-51(39-35-31-27-23-19-15-11-7-3)57-58-52(40-36-32-28-24-20-16-12-8-4)44-48-54-47-42-50(56(60(54)58)55(49)59(53)57)38-34-30-26-22-18-14-10-6-2/h41-48H,5-40H2,1-4H3. The smallest absolute Gasteiger partial charge is 0.00206 e. The zero-order chi connectivity index (χ0) is 42.0. The van der Waals surface area contributed by atoms with Crippen molar-refractivity contribution < 1.29 is 0 Å². The van der Waals surface area contributed by atoms with Gasteiger partial charge in [-0.1, -0.05) is 256 Å². The number of fused-ring (bicyclic) bond motifs is 2. The lowest BCUT2D eigenvalue weighted by Gasteiger charge is -2.23. The molecule has 0 radical (unpaired) electrons. The summed E-state index contributed by atoms with van der Waals surface area (Å²) in [5.41, 5.74) is 6.51. The molecule has 332 valence electrons. The topological polar surface area (TPSA) is 0 Å². The van der Waals surface area contributed by atoms with Crippen molar-refractivity contribution in [3.63, 3.8) is 0 Å². The highest BCUT2D eigenvalue weighted by Crippen LogP contribution is 2.47. The second kappa shape index (κ2) is 28.9. The van der Waals surface area contributed by atoms with E-state index in [1.807, 2.05) is 0 Å². The molecular weight excluding hydrogens is 721 g/mol. The molecule has 5 rings (SSSR count). The fourth-order valence-electron chi connectivity index (χ4n) is 10.8. The molecule has 5 aromatic carbocycles. The summed E-state index contributed by atoms with van der Waals surface area (Å²) in [6.07, 6.45) is 49.1. The Hall–Kier alpha value is -2.60. The summed E-state index contributed by atoms with van der Waals surface area (Å²) in [6, 6.07) is 20.3. The van der Waals surface area contributed by atoms with Crippen LogP contribution in [0.1, 0.15) is 255 Å². The van der Waals surface area contributed by atoms with Gasteiger partial charge in [-0.25, -0.2) is 0 Å². The Kier molecular flexibility index (Phi) is 23.3. The quantitative estimate of drug-likeness (QED) is 0.0215. The van der Waals surface area contributed by atoms with Crippen molar-refractivity contribution in [2.45, 2.75) is 259 Å². The molecular formula is C60H92. The van der Waals surface area contributed by atoms with Crippen LogP contribution in [-0.4, -0.2) is 0 Å². The van der Waals surface area contributed by atoms with Crippen molar-refractivity contribution in [3.05, 3.63) is 70.8 Å². The van der Waals surface area contributed by atoms with Gasteiger partial charge in [0, 0.05) is 0 Å². The van der Waals surface area contributed by atoms with Crippen LogP contribution in [-0.2, 0) is 25.7 Å². The molecule has 0 aliphatic heterocycles. The van der Waals surface area contributed by atoms with Crippen molar-refractivity contribution in [1.29, 1.82) is 0 Å². The Labute approximate surface area is 371 Å². The van der Waals surface area contributed by atoms with E-state index in [1.165, 1.54) is 242 Å². The highest BCUT2D eigenvalue weighted by Gasteiger charge is 2.22.